The van der Waals surface area contributed by atoms with E-state index in [0.717, 1.165) is 27.7 Å². The summed E-state index contributed by atoms with van der Waals surface area (Å²) in [5, 5.41) is 10.3. The minimum atomic E-state index is 0.0722. The molecular weight excluding hydrogens is 224 g/mol. The molecule has 0 saturated heterocycles. The number of aromatic amines is 1. The molecule has 2 heterocycles. The van der Waals surface area contributed by atoms with E-state index in [1.165, 1.54) is 5.56 Å². The van der Waals surface area contributed by atoms with Crippen molar-refractivity contribution in [1.29, 1.82) is 0 Å². The van der Waals surface area contributed by atoms with E-state index in [0.29, 0.717) is 0 Å². The lowest BCUT2D eigenvalue weighted by Gasteiger charge is -1.99. The second-order valence-corrected chi connectivity index (χ2v) is 4.40. The molecule has 2 N–H and O–H groups in total. The van der Waals surface area contributed by atoms with Crippen LogP contribution in [0.2, 0.25) is 0 Å². The molecule has 2 aromatic heterocycles. The summed E-state index contributed by atoms with van der Waals surface area (Å²) in [5.41, 5.74) is 5.38. The van der Waals surface area contributed by atoms with E-state index in [1.54, 1.807) is 6.20 Å². The highest BCUT2D eigenvalue weighted by atomic mass is 16.3. The van der Waals surface area contributed by atoms with Gasteiger partial charge in [-0.15, -0.1) is 0 Å². The quantitative estimate of drug-likeness (QED) is 0.721. The Morgan fingerprint density at radius 2 is 2.17 bits per heavy atom. The van der Waals surface area contributed by atoms with E-state index in [1.807, 2.05) is 36.5 Å². The van der Waals surface area contributed by atoms with Gasteiger partial charge in [-0.3, -0.25) is 4.98 Å². The molecular formula is C15H14N2O. The van der Waals surface area contributed by atoms with Crippen LogP contribution >= 0.6 is 0 Å². The molecule has 0 aliphatic carbocycles. The second-order valence-electron chi connectivity index (χ2n) is 4.40. The molecule has 0 unspecified atom stereocenters. The first-order chi connectivity index (χ1) is 8.79. The third kappa shape index (κ3) is 1.69. The summed E-state index contributed by atoms with van der Waals surface area (Å²) in [6.45, 7) is 2.16. The number of nitrogens with zero attached hydrogens (tertiary/aromatic N) is 1. The molecule has 90 valence electrons. The van der Waals surface area contributed by atoms with Gasteiger partial charge in [-0.1, -0.05) is 6.07 Å². The third-order valence-corrected chi connectivity index (χ3v) is 3.26. The van der Waals surface area contributed by atoms with Crippen molar-refractivity contribution in [3.63, 3.8) is 0 Å². The van der Waals surface area contributed by atoms with E-state index in [2.05, 4.69) is 16.9 Å². The minimum absolute atomic E-state index is 0.0722. The first kappa shape index (κ1) is 11.0. The zero-order valence-corrected chi connectivity index (χ0v) is 10.1. The second kappa shape index (κ2) is 4.27. The van der Waals surface area contributed by atoms with Crippen LogP contribution in [0.3, 0.4) is 0 Å². The summed E-state index contributed by atoms with van der Waals surface area (Å²) in [6.07, 6.45) is 3.62. The van der Waals surface area contributed by atoms with Crippen LogP contribution in [0.15, 0.2) is 42.7 Å². The van der Waals surface area contributed by atoms with Crippen molar-refractivity contribution in [2.45, 2.75) is 13.5 Å². The molecule has 0 spiro atoms. The fraction of sp³-hybridized carbons (Fsp3) is 0.133. The number of aliphatic hydroxyl groups is 1. The van der Waals surface area contributed by atoms with Crippen LogP contribution in [0.5, 0.6) is 0 Å². The fourth-order valence-corrected chi connectivity index (χ4v) is 2.27. The lowest BCUT2D eigenvalue weighted by atomic mass is 10.1. The highest BCUT2D eigenvalue weighted by Gasteiger charge is 2.09. The Morgan fingerprint density at radius 3 is 2.89 bits per heavy atom. The predicted octanol–water partition coefficient (Wildman–Crippen LogP) is 3.03. The van der Waals surface area contributed by atoms with Gasteiger partial charge in [0.2, 0.25) is 0 Å². The van der Waals surface area contributed by atoms with Gasteiger partial charge in [0, 0.05) is 28.9 Å². The van der Waals surface area contributed by atoms with Gasteiger partial charge in [0.1, 0.15) is 0 Å². The summed E-state index contributed by atoms with van der Waals surface area (Å²) < 4.78 is 0. The number of H-pyrrole nitrogens is 1. The zero-order chi connectivity index (χ0) is 12.5. The molecule has 1 aromatic carbocycles. The number of rotatable bonds is 2. The molecule has 3 nitrogen and oxygen atoms in total. The molecule has 0 bridgehead atoms. The maximum Gasteiger partial charge on any atom is 0.0682 e. The average Bonchev–Trinajstić information content (AvgIpc) is 2.77. The number of hydrogen-bond acceptors (Lipinski definition) is 2. The highest BCUT2D eigenvalue weighted by Crippen LogP contribution is 2.29. The standard InChI is InChI=1S/C15H14N2O/c1-10-13-7-11(9-18)4-5-14(13)17-15(10)12-3-2-6-16-8-12/h2-8,17-18H,9H2,1H3. The Morgan fingerprint density at radius 1 is 1.28 bits per heavy atom. The van der Waals surface area contributed by atoms with Gasteiger partial charge >= 0.3 is 0 Å². The van der Waals surface area contributed by atoms with E-state index >= 15 is 0 Å². The summed E-state index contributed by atoms with van der Waals surface area (Å²) in [7, 11) is 0. The minimum Gasteiger partial charge on any atom is -0.392 e. The van der Waals surface area contributed by atoms with E-state index in [4.69, 9.17) is 0 Å². The number of aryl methyl sites for hydroxylation is 1. The van der Waals surface area contributed by atoms with Gasteiger partial charge in [0.25, 0.3) is 0 Å². The summed E-state index contributed by atoms with van der Waals surface area (Å²) in [5.74, 6) is 0. The maximum absolute atomic E-state index is 9.19. The largest absolute Gasteiger partial charge is 0.392 e. The molecule has 3 heteroatoms. The van der Waals surface area contributed by atoms with Crippen LogP contribution in [-0.2, 0) is 6.61 Å². The first-order valence-corrected chi connectivity index (χ1v) is 5.92. The highest BCUT2D eigenvalue weighted by molar-refractivity contribution is 5.90. The maximum atomic E-state index is 9.19. The van der Waals surface area contributed by atoms with Crippen molar-refractivity contribution in [3.8, 4) is 11.3 Å². The normalized spacial score (nSPS) is 11.0. The lowest BCUT2D eigenvalue weighted by Crippen LogP contribution is -1.82. The van der Waals surface area contributed by atoms with Gasteiger partial charge < -0.3 is 10.1 Å². The van der Waals surface area contributed by atoms with Crippen molar-refractivity contribution in [2.24, 2.45) is 0 Å². The Hall–Kier alpha value is -2.13. The van der Waals surface area contributed by atoms with Crippen molar-refractivity contribution in [2.75, 3.05) is 0 Å². The molecule has 3 aromatic rings. The van der Waals surface area contributed by atoms with Crippen LogP contribution in [-0.4, -0.2) is 15.1 Å². The number of hydrogen-bond donors (Lipinski definition) is 2. The van der Waals surface area contributed by atoms with E-state index < -0.39 is 0 Å². The monoisotopic (exact) mass is 238 g/mol. The topological polar surface area (TPSA) is 48.9 Å². The van der Waals surface area contributed by atoms with Crippen LogP contribution in [0, 0.1) is 6.92 Å². The van der Waals surface area contributed by atoms with Crippen LogP contribution in [0.25, 0.3) is 22.2 Å². The number of benzene rings is 1. The summed E-state index contributed by atoms with van der Waals surface area (Å²) in [6, 6.07) is 9.94. The van der Waals surface area contributed by atoms with Gasteiger partial charge in [-0.2, -0.15) is 0 Å². The molecule has 0 saturated carbocycles. The first-order valence-electron chi connectivity index (χ1n) is 5.92. The van der Waals surface area contributed by atoms with Crippen LogP contribution in [0.4, 0.5) is 0 Å². The van der Waals surface area contributed by atoms with Crippen molar-refractivity contribution >= 4 is 10.9 Å². The molecule has 0 atom stereocenters. The summed E-state index contributed by atoms with van der Waals surface area (Å²) in [4.78, 5) is 7.56. The Kier molecular flexibility index (Phi) is 2.61. The number of nitrogens with one attached hydrogen (secondary N) is 1. The molecule has 0 amide bonds. The van der Waals surface area contributed by atoms with Gasteiger partial charge in [-0.25, -0.2) is 0 Å². The third-order valence-electron chi connectivity index (χ3n) is 3.26. The van der Waals surface area contributed by atoms with Crippen molar-refractivity contribution < 1.29 is 5.11 Å². The lowest BCUT2D eigenvalue weighted by molar-refractivity contribution is 0.282. The van der Waals surface area contributed by atoms with Crippen LogP contribution in [0.1, 0.15) is 11.1 Å². The Balaban J connectivity index is 2.23. The number of fused-ring (bicyclic) bond motifs is 1. The Labute approximate surface area is 105 Å². The Bertz CT molecular complexity index is 686. The molecule has 0 aliphatic rings. The van der Waals surface area contributed by atoms with E-state index in [9.17, 15) is 5.11 Å². The predicted molar refractivity (Wildman–Crippen MR) is 72.2 cm³/mol. The molecule has 0 fully saturated rings. The van der Waals surface area contributed by atoms with Gasteiger partial charge in [-0.05, 0) is 42.3 Å². The number of pyridine rings is 1. The molecule has 0 radical (unpaired) electrons. The van der Waals surface area contributed by atoms with Crippen LogP contribution < -0.4 is 0 Å². The summed E-state index contributed by atoms with van der Waals surface area (Å²) >= 11 is 0. The van der Waals surface area contributed by atoms with E-state index in [-0.39, 0.29) is 6.61 Å². The van der Waals surface area contributed by atoms with Crippen molar-refractivity contribution in [3.05, 3.63) is 53.9 Å². The smallest absolute Gasteiger partial charge is 0.0682 e. The molecule has 0 aliphatic heterocycles. The molecule has 18 heavy (non-hydrogen) atoms. The molecule has 3 rings (SSSR count). The number of aliphatic hydroxyl groups excluding tert-OH is 1. The fourth-order valence-electron chi connectivity index (χ4n) is 2.27. The van der Waals surface area contributed by atoms with Gasteiger partial charge in [0.15, 0.2) is 0 Å². The number of aromatic nitrogens is 2. The average molecular weight is 238 g/mol. The van der Waals surface area contributed by atoms with Crippen molar-refractivity contribution in [1.82, 2.24) is 9.97 Å². The SMILES string of the molecule is Cc1c(-c2cccnc2)[nH]c2ccc(CO)cc12. The zero-order valence-electron chi connectivity index (χ0n) is 10.1. The van der Waals surface area contributed by atoms with Gasteiger partial charge in [0.05, 0.1) is 12.3 Å².